The molecule has 0 spiro atoms. The summed E-state index contributed by atoms with van der Waals surface area (Å²) in [5.74, 6) is -2.71. The normalized spacial score (nSPS) is 15.3. The second-order valence-electron chi connectivity index (χ2n) is 6.03. The molecule has 4 N–H and O–H groups in total. The van der Waals surface area contributed by atoms with Gasteiger partial charge in [0, 0.05) is 5.56 Å². The van der Waals surface area contributed by atoms with Crippen molar-refractivity contribution in [3.8, 4) is 5.75 Å². The van der Waals surface area contributed by atoms with Crippen LogP contribution in [-0.4, -0.2) is 47.5 Å². The van der Waals surface area contributed by atoms with Gasteiger partial charge in [0.25, 0.3) is 5.91 Å². The van der Waals surface area contributed by atoms with Gasteiger partial charge in [0.05, 0.1) is 18.0 Å². The van der Waals surface area contributed by atoms with Crippen LogP contribution in [0.5, 0.6) is 5.75 Å². The van der Waals surface area contributed by atoms with Crippen molar-refractivity contribution in [1.82, 2.24) is 10.6 Å². The van der Waals surface area contributed by atoms with Crippen LogP contribution in [0, 0.1) is 0 Å². The Labute approximate surface area is 155 Å². The Hall–Kier alpha value is -3.33. The van der Waals surface area contributed by atoms with Crippen molar-refractivity contribution in [2.75, 3.05) is 6.54 Å². The molecule has 0 radical (unpaired) electrons. The fourth-order valence-electron chi connectivity index (χ4n) is 2.83. The average Bonchev–Trinajstić information content (AvgIpc) is 2.66. The predicted molar refractivity (Wildman–Crippen MR) is 96.4 cm³/mol. The van der Waals surface area contributed by atoms with E-state index in [-0.39, 0.29) is 30.2 Å². The maximum Gasteiger partial charge on any atom is 0.547 e. The first-order valence-corrected chi connectivity index (χ1v) is 8.28. The summed E-state index contributed by atoms with van der Waals surface area (Å²) in [6.45, 7) is -0.265. The average molecular weight is 368 g/mol. The number of hydrogen-bond acceptors (Lipinski definition) is 5. The Kier molecular flexibility index (Phi) is 5.42. The van der Waals surface area contributed by atoms with E-state index in [0.29, 0.717) is 11.1 Å². The monoisotopic (exact) mass is 368 g/mol. The Morgan fingerprint density at radius 1 is 1.11 bits per heavy atom. The van der Waals surface area contributed by atoms with Gasteiger partial charge in [-0.25, -0.2) is 4.79 Å². The number of aromatic carboxylic acids is 1. The lowest BCUT2D eigenvalue weighted by molar-refractivity contribution is -0.120. The zero-order valence-corrected chi connectivity index (χ0v) is 14.2. The minimum atomic E-state index is -1.40. The molecule has 0 aliphatic carbocycles. The summed E-state index contributed by atoms with van der Waals surface area (Å²) in [5, 5.41) is 24.4. The first-order valence-electron chi connectivity index (χ1n) is 8.28. The van der Waals surface area contributed by atoms with Crippen LogP contribution < -0.4 is 15.3 Å². The van der Waals surface area contributed by atoms with Crippen molar-refractivity contribution < 1.29 is 29.2 Å². The second-order valence-corrected chi connectivity index (χ2v) is 6.03. The molecule has 2 amide bonds. The van der Waals surface area contributed by atoms with Crippen LogP contribution in [0.15, 0.2) is 48.5 Å². The topological polar surface area (TPSA) is 125 Å². The summed E-state index contributed by atoms with van der Waals surface area (Å²) in [5.41, 5.74) is 0.951. The van der Waals surface area contributed by atoms with E-state index in [4.69, 9.17) is 4.65 Å². The standard InChI is InChI=1S/C18H17BN2O6/c22-15(10-20-17(23)11-5-2-1-3-6-11)21-14-9-12-7-4-8-13(18(24)25)16(12)27-19(14)26/h1-8,14,26H,9-10H2,(H,20,23)(H,21,22)(H,24,25)/t14-/m0/s1. The Morgan fingerprint density at radius 3 is 2.56 bits per heavy atom. The van der Waals surface area contributed by atoms with E-state index in [9.17, 15) is 24.5 Å². The lowest BCUT2D eigenvalue weighted by Gasteiger charge is -2.28. The molecule has 1 aliphatic rings. The number of rotatable bonds is 5. The molecular weight excluding hydrogens is 351 g/mol. The quantitative estimate of drug-likeness (QED) is 0.561. The number of amides is 2. The number of fused-ring (bicyclic) bond motifs is 1. The van der Waals surface area contributed by atoms with E-state index < -0.39 is 24.9 Å². The molecule has 2 aromatic rings. The number of carbonyl (C=O) groups excluding carboxylic acids is 2. The predicted octanol–water partition coefficient (Wildman–Crippen LogP) is 0.254. The highest BCUT2D eigenvalue weighted by Gasteiger charge is 2.37. The zero-order chi connectivity index (χ0) is 19.4. The minimum absolute atomic E-state index is 0.0496. The van der Waals surface area contributed by atoms with Gasteiger partial charge < -0.3 is 25.4 Å². The molecule has 9 heteroatoms. The van der Waals surface area contributed by atoms with E-state index in [0.717, 1.165) is 0 Å². The third-order valence-electron chi connectivity index (χ3n) is 4.14. The molecule has 0 bridgehead atoms. The highest BCUT2D eigenvalue weighted by atomic mass is 16.5. The van der Waals surface area contributed by atoms with E-state index in [1.165, 1.54) is 6.07 Å². The lowest BCUT2D eigenvalue weighted by Crippen LogP contribution is -2.54. The molecular formula is C18H17BN2O6. The van der Waals surface area contributed by atoms with E-state index >= 15 is 0 Å². The molecule has 0 aromatic heterocycles. The van der Waals surface area contributed by atoms with Crippen LogP contribution in [0.2, 0.25) is 0 Å². The second kappa shape index (κ2) is 7.92. The fourth-order valence-corrected chi connectivity index (χ4v) is 2.83. The fraction of sp³-hybridized carbons (Fsp3) is 0.167. The molecule has 1 aliphatic heterocycles. The largest absolute Gasteiger partial charge is 0.547 e. The summed E-state index contributed by atoms with van der Waals surface area (Å²) < 4.78 is 5.31. The highest BCUT2D eigenvalue weighted by Crippen LogP contribution is 2.30. The van der Waals surface area contributed by atoms with Gasteiger partial charge in [-0.15, -0.1) is 0 Å². The number of nitrogens with one attached hydrogen (secondary N) is 2. The minimum Gasteiger partial charge on any atom is -0.534 e. The van der Waals surface area contributed by atoms with Gasteiger partial charge in [-0.05, 0) is 30.2 Å². The van der Waals surface area contributed by atoms with Crippen LogP contribution in [0.4, 0.5) is 0 Å². The summed E-state index contributed by atoms with van der Waals surface area (Å²) in [6.07, 6.45) is 0.204. The molecule has 2 aromatic carbocycles. The number of carboxylic acids is 1. The van der Waals surface area contributed by atoms with E-state index in [1.807, 2.05) is 0 Å². The van der Waals surface area contributed by atoms with Gasteiger partial charge in [0.15, 0.2) is 0 Å². The molecule has 0 fully saturated rings. The first kappa shape index (κ1) is 18.5. The molecule has 1 atom stereocenters. The first-order chi connectivity index (χ1) is 13.0. The summed E-state index contributed by atoms with van der Waals surface area (Å²) in [4.78, 5) is 35.3. The smallest absolute Gasteiger partial charge is 0.534 e. The van der Waals surface area contributed by atoms with Crippen LogP contribution >= 0.6 is 0 Å². The number of para-hydroxylation sites is 1. The SMILES string of the molecule is O=C(CNC(=O)c1ccccc1)N[C@H]1Cc2cccc(C(=O)O)c2OB1O. The van der Waals surface area contributed by atoms with Gasteiger partial charge in [0.1, 0.15) is 5.75 Å². The van der Waals surface area contributed by atoms with Gasteiger partial charge >= 0.3 is 13.1 Å². The van der Waals surface area contributed by atoms with Crippen LogP contribution in [-0.2, 0) is 11.2 Å². The van der Waals surface area contributed by atoms with Gasteiger partial charge in [0.2, 0.25) is 5.91 Å². The van der Waals surface area contributed by atoms with Crippen molar-refractivity contribution in [3.05, 3.63) is 65.2 Å². The Balaban J connectivity index is 1.59. The van der Waals surface area contributed by atoms with Gasteiger partial charge in [-0.1, -0.05) is 30.3 Å². The molecule has 138 valence electrons. The van der Waals surface area contributed by atoms with Gasteiger partial charge in [-0.2, -0.15) is 0 Å². The molecule has 0 unspecified atom stereocenters. The van der Waals surface area contributed by atoms with Gasteiger partial charge in [-0.3, -0.25) is 9.59 Å². The third-order valence-corrected chi connectivity index (χ3v) is 4.14. The van der Waals surface area contributed by atoms with Crippen LogP contribution in [0.25, 0.3) is 0 Å². The van der Waals surface area contributed by atoms with Crippen molar-refractivity contribution in [2.24, 2.45) is 0 Å². The maximum absolute atomic E-state index is 12.1. The molecule has 0 saturated heterocycles. The van der Waals surface area contributed by atoms with Crippen LogP contribution in [0.3, 0.4) is 0 Å². The highest BCUT2D eigenvalue weighted by molar-refractivity contribution is 6.47. The van der Waals surface area contributed by atoms with Crippen molar-refractivity contribution in [2.45, 2.75) is 12.4 Å². The van der Waals surface area contributed by atoms with E-state index in [1.54, 1.807) is 42.5 Å². The molecule has 27 heavy (non-hydrogen) atoms. The van der Waals surface area contributed by atoms with E-state index in [2.05, 4.69) is 10.6 Å². The molecule has 0 saturated carbocycles. The Morgan fingerprint density at radius 2 is 1.85 bits per heavy atom. The summed E-state index contributed by atoms with van der Waals surface area (Å²) >= 11 is 0. The van der Waals surface area contributed by atoms with Crippen molar-refractivity contribution in [3.63, 3.8) is 0 Å². The van der Waals surface area contributed by atoms with Crippen molar-refractivity contribution in [1.29, 1.82) is 0 Å². The maximum atomic E-state index is 12.1. The number of hydrogen-bond donors (Lipinski definition) is 4. The number of benzene rings is 2. The molecule has 8 nitrogen and oxygen atoms in total. The zero-order valence-electron chi connectivity index (χ0n) is 14.2. The summed E-state index contributed by atoms with van der Waals surface area (Å²) in [6, 6.07) is 13.1. The number of carbonyl (C=O) groups is 3. The van der Waals surface area contributed by atoms with Crippen molar-refractivity contribution >= 4 is 24.9 Å². The Bertz CT molecular complexity index is 873. The number of carboxylic acid groups (broad SMARTS) is 1. The molecule has 3 rings (SSSR count). The lowest BCUT2D eigenvalue weighted by atomic mass is 9.72. The summed E-state index contributed by atoms with van der Waals surface area (Å²) in [7, 11) is -1.40. The third kappa shape index (κ3) is 4.26. The molecule has 1 heterocycles. The van der Waals surface area contributed by atoms with Crippen LogP contribution in [0.1, 0.15) is 26.3 Å².